The number of hydrogen-bond acceptors (Lipinski definition) is 5. The second-order valence-electron chi connectivity index (χ2n) is 5.66. The van der Waals surface area contributed by atoms with Crippen molar-refractivity contribution in [3.63, 3.8) is 0 Å². The van der Waals surface area contributed by atoms with Crippen molar-refractivity contribution in [2.75, 3.05) is 47.5 Å². The van der Waals surface area contributed by atoms with E-state index in [9.17, 15) is 5.11 Å². The number of ether oxygens (including phenoxy) is 2. The Labute approximate surface area is 127 Å². The maximum absolute atomic E-state index is 9.92. The summed E-state index contributed by atoms with van der Waals surface area (Å²) in [5, 5.41) is 9.92. The zero-order chi connectivity index (χ0) is 15.4. The second kappa shape index (κ2) is 7.11. The predicted octanol–water partition coefficient (Wildman–Crippen LogP) is 1.37. The van der Waals surface area contributed by atoms with Gasteiger partial charge in [0, 0.05) is 37.3 Å². The first-order valence-electron chi connectivity index (χ1n) is 7.37. The van der Waals surface area contributed by atoms with Crippen LogP contribution in [-0.4, -0.2) is 68.5 Å². The van der Waals surface area contributed by atoms with E-state index in [1.54, 1.807) is 14.2 Å². The number of rotatable bonds is 5. The SMILES string of the molecule is COc1ccc(C(CO)N2CCN(C)CC2C)c(OC)c1. The third-order valence-electron chi connectivity index (χ3n) is 4.25. The Bertz CT molecular complexity index is 467. The first kappa shape index (κ1) is 16.1. The van der Waals surface area contributed by atoms with Crippen molar-refractivity contribution >= 4 is 0 Å². The van der Waals surface area contributed by atoms with Gasteiger partial charge in [0.25, 0.3) is 0 Å². The van der Waals surface area contributed by atoms with E-state index < -0.39 is 0 Å². The summed E-state index contributed by atoms with van der Waals surface area (Å²) in [6, 6.07) is 6.13. The number of hydrogen-bond donors (Lipinski definition) is 1. The highest BCUT2D eigenvalue weighted by molar-refractivity contribution is 5.42. The van der Waals surface area contributed by atoms with Crippen LogP contribution in [0, 0.1) is 0 Å². The van der Waals surface area contributed by atoms with E-state index in [2.05, 4.69) is 23.8 Å². The van der Waals surface area contributed by atoms with Crippen molar-refractivity contribution in [3.05, 3.63) is 23.8 Å². The van der Waals surface area contributed by atoms with Gasteiger partial charge in [0.05, 0.1) is 26.9 Å². The Morgan fingerprint density at radius 2 is 2.05 bits per heavy atom. The Kier molecular flexibility index (Phi) is 5.45. The molecule has 1 fully saturated rings. The maximum Gasteiger partial charge on any atom is 0.127 e. The molecule has 0 spiro atoms. The van der Waals surface area contributed by atoms with Crippen molar-refractivity contribution in [1.29, 1.82) is 0 Å². The van der Waals surface area contributed by atoms with E-state index in [4.69, 9.17) is 9.47 Å². The van der Waals surface area contributed by atoms with Gasteiger partial charge in [-0.2, -0.15) is 0 Å². The zero-order valence-corrected chi connectivity index (χ0v) is 13.4. The van der Waals surface area contributed by atoms with Gasteiger partial charge in [0.15, 0.2) is 0 Å². The molecule has 118 valence electrons. The normalized spacial score (nSPS) is 22.0. The fraction of sp³-hybridized carbons (Fsp3) is 0.625. The molecular weight excluding hydrogens is 268 g/mol. The third kappa shape index (κ3) is 3.48. The summed E-state index contributed by atoms with van der Waals surface area (Å²) in [5.41, 5.74) is 1.01. The van der Waals surface area contributed by atoms with E-state index in [0.717, 1.165) is 36.7 Å². The molecule has 2 unspecified atom stereocenters. The molecule has 1 aromatic rings. The van der Waals surface area contributed by atoms with E-state index >= 15 is 0 Å². The number of benzene rings is 1. The summed E-state index contributed by atoms with van der Waals surface area (Å²) < 4.78 is 10.7. The minimum absolute atomic E-state index is 0.0467. The Hall–Kier alpha value is -1.30. The van der Waals surface area contributed by atoms with E-state index in [-0.39, 0.29) is 12.6 Å². The molecule has 1 aliphatic heterocycles. The molecule has 5 nitrogen and oxygen atoms in total. The van der Waals surface area contributed by atoms with E-state index in [1.807, 2.05) is 18.2 Å². The zero-order valence-electron chi connectivity index (χ0n) is 13.4. The number of aliphatic hydroxyl groups excluding tert-OH is 1. The molecule has 1 N–H and O–H groups in total. The van der Waals surface area contributed by atoms with Crippen molar-refractivity contribution in [2.24, 2.45) is 0 Å². The molecule has 2 rings (SSSR count). The van der Waals surface area contributed by atoms with Crippen LogP contribution in [0.15, 0.2) is 18.2 Å². The van der Waals surface area contributed by atoms with E-state index in [1.165, 1.54) is 0 Å². The first-order chi connectivity index (χ1) is 10.1. The standard InChI is InChI=1S/C16H26N2O3/c1-12-10-17(2)7-8-18(12)15(11-19)14-6-5-13(20-3)9-16(14)21-4/h5-6,9,12,15,19H,7-8,10-11H2,1-4H3. The number of piperazine rings is 1. The highest BCUT2D eigenvalue weighted by Gasteiger charge is 2.30. The fourth-order valence-electron chi connectivity index (χ4n) is 3.09. The molecule has 0 amide bonds. The van der Waals surface area contributed by atoms with Crippen LogP contribution in [0.5, 0.6) is 11.5 Å². The average molecular weight is 294 g/mol. The van der Waals surface area contributed by atoms with Gasteiger partial charge in [-0.05, 0) is 26.1 Å². The lowest BCUT2D eigenvalue weighted by molar-refractivity contribution is 0.0332. The van der Waals surface area contributed by atoms with Crippen molar-refractivity contribution in [1.82, 2.24) is 9.80 Å². The summed E-state index contributed by atoms with van der Waals surface area (Å²) >= 11 is 0. The summed E-state index contributed by atoms with van der Waals surface area (Å²) in [4.78, 5) is 4.67. The highest BCUT2D eigenvalue weighted by atomic mass is 16.5. The van der Waals surface area contributed by atoms with Crippen LogP contribution in [0.2, 0.25) is 0 Å². The maximum atomic E-state index is 9.92. The molecule has 0 bridgehead atoms. The third-order valence-corrected chi connectivity index (χ3v) is 4.25. The molecule has 5 heteroatoms. The lowest BCUT2D eigenvalue weighted by Crippen LogP contribution is -2.52. The van der Waals surface area contributed by atoms with Crippen LogP contribution in [0.3, 0.4) is 0 Å². The molecular formula is C16H26N2O3. The lowest BCUT2D eigenvalue weighted by atomic mass is 10.0. The molecule has 1 aromatic carbocycles. The minimum Gasteiger partial charge on any atom is -0.497 e. The van der Waals surface area contributed by atoms with Crippen molar-refractivity contribution in [2.45, 2.75) is 19.0 Å². The molecule has 0 saturated carbocycles. The molecule has 0 aromatic heterocycles. The van der Waals surface area contributed by atoms with Crippen LogP contribution in [0.4, 0.5) is 0 Å². The first-order valence-corrected chi connectivity index (χ1v) is 7.37. The van der Waals surface area contributed by atoms with Gasteiger partial charge in [-0.25, -0.2) is 0 Å². The molecule has 1 heterocycles. The summed E-state index contributed by atoms with van der Waals surface area (Å²) in [6.07, 6.45) is 0. The molecule has 1 aliphatic rings. The van der Waals surface area contributed by atoms with Crippen LogP contribution in [0.25, 0.3) is 0 Å². The molecule has 0 aliphatic carbocycles. The Morgan fingerprint density at radius 3 is 2.62 bits per heavy atom. The van der Waals surface area contributed by atoms with Crippen LogP contribution < -0.4 is 9.47 Å². The van der Waals surface area contributed by atoms with Gasteiger partial charge in [-0.15, -0.1) is 0 Å². The summed E-state index contributed by atoms with van der Waals surface area (Å²) in [6.45, 7) is 5.25. The Balaban J connectivity index is 2.28. The average Bonchev–Trinajstić information content (AvgIpc) is 2.50. The number of methoxy groups -OCH3 is 2. The summed E-state index contributed by atoms with van der Waals surface area (Å²) in [7, 11) is 5.43. The van der Waals surface area contributed by atoms with Gasteiger partial charge in [0.2, 0.25) is 0 Å². The smallest absolute Gasteiger partial charge is 0.127 e. The number of aliphatic hydroxyl groups is 1. The molecule has 2 atom stereocenters. The number of likely N-dealkylation sites (N-methyl/N-ethyl adjacent to an activating group) is 1. The fourth-order valence-corrected chi connectivity index (χ4v) is 3.09. The Morgan fingerprint density at radius 1 is 1.29 bits per heavy atom. The van der Waals surface area contributed by atoms with E-state index in [0.29, 0.717) is 6.04 Å². The topological polar surface area (TPSA) is 45.2 Å². The van der Waals surface area contributed by atoms with Crippen molar-refractivity contribution in [3.8, 4) is 11.5 Å². The molecule has 21 heavy (non-hydrogen) atoms. The van der Waals surface area contributed by atoms with Crippen molar-refractivity contribution < 1.29 is 14.6 Å². The van der Waals surface area contributed by atoms with Gasteiger partial charge in [0.1, 0.15) is 11.5 Å². The molecule has 1 saturated heterocycles. The number of nitrogens with zero attached hydrogens (tertiary/aromatic N) is 2. The second-order valence-corrected chi connectivity index (χ2v) is 5.66. The lowest BCUT2D eigenvalue weighted by Gasteiger charge is -2.42. The van der Waals surface area contributed by atoms with Crippen LogP contribution in [-0.2, 0) is 0 Å². The molecule has 0 radical (unpaired) electrons. The monoisotopic (exact) mass is 294 g/mol. The highest BCUT2D eigenvalue weighted by Crippen LogP contribution is 2.34. The van der Waals surface area contributed by atoms with Crippen LogP contribution >= 0.6 is 0 Å². The minimum atomic E-state index is -0.0467. The van der Waals surface area contributed by atoms with Gasteiger partial charge in [-0.1, -0.05) is 0 Å². The summed E-state index contributed by atoms with van der Waals surface area (Å²) in [5.74, 6) is 1.53. The van der Waals surface area contributed by atoms with Crippen LogP contribution in [0.1, 0.15) is 18.5 Å². The van der Waals surface area contributed by atoms with Gasteiger partial charge >= 0.3 is 0 Å². The largest absolute Gasteiger partial charge is 0.497 e. The predicted molar refractivity (Wildman–Crippen MR) is 83.0 cm³/mol. The van der Waals surface area contributed by atoms with Gasteiger partial charge < -0.3 is 19.5 Å². The quantitative estimate of drug-likeness (QED) is 0.889. The van der Waals surface area contributed by atoms with Gasteiger partial charge in [-0.3, -0.25) is 4.90 Å².